The Morgan fingerprint density at radius 1 is 1.19 bits per heavy atom. The van der Waals surface area contributed by atoms with Crippen LogP contribution < -0.4 is 11.1 Å². The molecule has 3 aromatic rings. The lowest BCUT2D eigenvalue weighted by Crippen LogP contribution is -2.49. The number of anilines is 2. The molecule has 31 heavy (non-hydrogen) atoms. The van der Waals surface area contributed by atoms with Crippen molar-refractivity contribution in [2.75, 3.05) is 17.6 Å². The standard InChI is InChI=1S/C24H25N5O2/c1-15-20(28-23(25)26-15)21(30)29-14-13-24(17-9-5-6-10-18(17)27-22(24)31)19(29)12-11-16-7-3-2-4-8-16/h2-10,19H,11-14H2,1H3,(H,27,31)(H3,25,26,28)/t19-,24+/m0/s1. The number of likely N-dealkylation sites (tertiary alicyclic amines) is 1. The third-order valence-corrected chi connectivity index (χ3v) is 6.67. The minimum atomic E-state index is -0.753. The van der Waals surface area contributed by atoms with Gasteiger partial charge in [-0.15, -0.1) is 0 Å². The molecule has 1 spiro atoms. The molecule has 0 bridgehead atoms. The quantitative estimate of drug-likeness (QED) is 0.609. The molecule has 158 valence electrons. The molecule has 2 aliphatic heterocycles. The van der Waals surface area contributed by atoms with Gasteiger partial charge in [-0.05, 0) is 43.4 Å². The molecule has 3 heterocycles. The van der Waals surface area contributed by atoms with Gasteiger partial charge in [0.25, 0.3) is 5.91 Å². The van der Waals surface area contributed by atoms with E-state index in [2.05, 4.69) is 27.4 Å². The summed E-state index contributed by atoms with van der Waals surface area (Å²) < 4.78 is 0. The first-order valence-electron chi connectivity index (χ1n) is 10.6. The van der Waals surface area contributed by atoms with Crippen LogP contribution in [0.3, 0.4) is 0 Å². The van der Waals surface area contributed by atoms with Crippen LogP contribution in [0.25, 0.3) is 0 Å². The molecule has 4 N–H and O–H groups in total. The molecule has 2 aromatic carbocycles. The zero-order chi connectivity index (χ0) is 21.6. The molecule has 0 saturated carbocycles. The number of benzene rings is 2. The number of nitrogens with one attached hydrogen (secondary N) is 2. The predicted molar refractivity (Wildman–Crippen MR) is 119 cm³/mol. The smallest absolute Gasteiger partial charge is 0.274 e. The molecule has 1 saturated heterocycles. The molecule has 5 rings (SSSR count). The lowest BCUT2D eigenvalue weighted by molar-refractivity contribution is -0.121. The summed E-state index contributed by atoms with van der Waals surface area (Å²) in [6.45, 7) is 2.28. The van der Waals surface area contributed by atoms with Crippen molar-refractivity contribution in [2.24, 2.45) is 0 Å². The number of fused-ring (bicyclic) bond motifs is 2. The molecule has 0 radical (unpaired) electrons. The van der Waals surface area contributed by atoms with E-state index in [-0.39, 0.29) is 23.8 Å². The number of para-hydroxylation sites is 1. The first kappa shape index (κ1) is 19.4. The zero-order valence-corrected chi connectivity index (χ0v) is 17.4. The van der Waals surface area contributed by atoms with Gasteiger partial charge in [0.2, 0.25) is 5.91 Å². The molecule has 2 atom stereocenters. The van der Waals surface area contributed by atoms with Crippen molar-refractivity contribution in [3.05, 3.63) is 77.1 Å². The molecule has 2 amide bonds. The molecule has 7 nitrogen and oxygen atoms in total. The van der Waals surface area contributed by atoms with E-state index in [9.17, 15) is 9.59 Å². The monoisotopic (exact) mass is 415 g/mol. The van der Waals surface area contributed by atoms with Crippen LogP contribution in [-0.4, -0.2) is 39.3 Å². The fraction of sp³-hybridized carbons (Fsp3) is 0.292. The van der Waals surface area contributed by atoms with Gasteiger partial charge in [0, 0.05) is 17.9 Å². The summed E-state index contributed by atoms with van der Waals surface area (Å²) in [6, 6.07) is 17.7. The Labute approximate surface area is 180 Å². The minimum Gasteiger partial charge on any atom is -0.369 e. The van der Waals surface area contributed by atoms with Gasteiger partial charge in [0.15, 0.2) is 11.6 Å². The summed E-state index contributed by atoms with van der Waals surface area (Å²) in [7, 11) is 0. The second kappa shape index (κ2) is 7.27. The molecule has 7 heteroatoms. The van der Waals surface area contributed by atoms with Crippen molar-refractivity contribution in [3.63, 3.8) is 0 Å². The highest BCUT2D eigenvalue weighted by atomic mass is 16.2. The van der Waals surface area contributed by atoms with Gasteiger partial charge in [0.1, 0.15) is 0 Å². The lowest BCUT2D eigenvalue weighted by atomic mass is 9.73. The predicted octanol–water partition coefficient (Wildman–Crippen LogP) is 3.04. The summed E-state index contributed by atoms with van der Waals surface area (Å²) in [5.74, 6) is 0.0115. The van der Waals surface area contributed by atoms with Crippen molar-refractivity contribution in [1.82, 2.24) is 14.9 Å². The SMILES string of the molecule is Cc1[nH]c(N)nc1C(=O)N1CC[C@]2(C(=O)Nc3ccccc32)[C@@H]1CCc1ccccc1. The third kappa shape index (κ3) is 3.00. The third-order valence-electron chi connectivity index (χ3n) is 6.67. The Bertz CT molecular complexity index is 1160. The van der Waals surface area contributed by atoms with Crippen molar-refractivity contribution >= 4 is 23.5 Å². The number of nitrogen functional groups attached to an aromatic ring is 1. The van der Waals surface area contributed by atoms with E-state index in [4.69, 9.17) is 5.73 Å². The van der Waals surface area contributed by atoms with E-state index in [0.717, 1.165) is 17.7 Å². The maximum Gasteiger partial charge on any atom is 0.274 e. The summed E-state index contributed by atoms with van der Waals surface area (Å²) in [4.78, 5) is 35.8. The number of H-pyrrole nitrogens is 1. The highest BCUT2D eigenvalue weighted by Gasteiger charge is 2.58. The second-order valence-corrected chi connectivity index (χ2v) is 8.36. The van der Waals surface area contributed by atoms with Crippen LogP contribution in [-0.2, 0) is 16.6 Å². The van der Waals surface area contributed by atoms with Crippen LogP contribution in [0.1, 0.15) is 40.2 Å². The first-order valence-corrected chi connectivity index (χ1v) is 10.6. The molecular formula is C24H25N5O2. The normalized spacial score (nSPS) is 22.0. The van der Waals surface area contributed by atoms with Gasteiger partial charge in [-0.25, -0.2) is 4.98 Å². The lowest BCUT2D eigenvalue weighted by Gasteiger charge is -2.34. The van der Waals surface area contributed by atoms with Crippen molar-refractivity contribution in [2.45, 2.75) is 37.6 Å². The first-order chi connectivity index (χ1) is 15.0. The van der Waals surface area contributed by atoms with Gasteiger partial charge in [-0.3, -0.25) is 9.59 Å². The van der Waals surface area contributed by atoms with Gasteiger partial charge in [-0.1, -0.05) is 48.5 Å². The zero-order valence-electron chi connectivity index (χ0n) is 17.4. The number of rotatable bonds is 4. The van der Waals surface area contributed by atoms with Crippen LogP contribution in [0, 0.1) is 6.92 Å². The van der Waals surface area contributed by atoms with E-state index in [1.54, 1.807) is 6.92 Å². The number of aromatic amines is 1. The number of hydrogen-bond donors (Lipinski definition) is 3. The second-order valence-electron chi connectivity index (χ2n) is 8.36. The summed E-state index contributed by atoms with van der Waals surface area (Å²) >= 11 is 0. The van der Waals surface area contributed by atoms with Crippen LogP contribution in [0.4, 0.5) is 11.6 Å². The Morgan fingerprint density at radius 3 is 2.68 bits per heavy atom. The number of carbonyl (C=O) groups is 2. The van der Waals surface area contributed by atoms with Gasteiger partial charge in [-0.2, -0.15) is 0 Å². The Kier molecular flexibility index (Phi) is 4.54. The number of imidazole rings is 1. The van der Waals surface area contributed by atoms with E-state index in [1.165, 1.54) is 5.56 Å². The van der Waals surface area contributed by atoms with Crippen molar-refractivity contribution < 1.29 is 9.59 Å². The van der Waals surface area contributed by atoms with Crippen LogP contribution >= 0.6 is 0 Å². The summed E-state index contributed by atoms with van der Waals surface area (Å²) in [5, 5.41) is 3.05. The molecule has 1 aromatic heterocycles. The number of aryl methyl sites for hydroxylation is 2. The fourth-order valence-electron chi connectivity index (χ4n) is 5.22. The van der Waals surface area contributed by atoms with E-state index >= 15 is 0 Å². The van der Waals surface area contributed by atoms with Crippen LogP contribution in [0.5, 0.6) is 0 Å². The number of hydrogen-bond acceptors (Lipinski definition) is 4. The van der Waals surface area contributed by atoms with E-state index in [1.807, 2.05) is 47.4 Å². The molecule has 0 aliphatic carbocycles. The number of carbonyl (C=O) groups excluding carboxylic acids is 2. The van der Waals surface area contributed by atoms with Crippen LogP contribution in [0.2, 0.25) is 0 Å². The Morgan fingerprint density at radius 2 is 1.94 bits per heavy atom. The average Bonchev–Trinajstić information content (AvgIpc) is 3.41. The van der Waals surface area contributed by atoms with Crippen molar-refractivity contribution in [1.29, 1.82) is 0 Å². The van der Waals surface area contributed by atoms with E-state index in [0.29, 0.717) is 30.8 Å². The maximum atomic E-state index is 13.5. The Hall–Kier alpha value is -3.61. The highest BCUT2D eigenvalue weighted by Crippen LogP contribution is 2.49. The van der Waals surface area contributed by atoms with Crippen LogP contribution in [0.15, 0.2) is 54.6 Å². The maximum absolute atomic E-state index is 13.5. The summed E-state index contributed by atoms with van der Waals surface area (Å²) in [6.07, 6.45) is 2.03. The molecule has 2 aliphatic rings. The minimum absolute atomic E-state index is 0.0275. The molecular weight excluding hydrogens is 390 g/mol. The summed E-state index contributed by atoms with van der Waals surface area (Å²) in [5.41, 5.74) is 9.00. The molecule has 0 unspecified atom stereocenters. The van der Waals surface area contributed by atoms with Gasteiger partial charge >= 0.3 is 0 Å². The van der Waals surface area contributed by atoms with Crippen molar-refractivity contribution in [3.8, 4) is 0 Å². The fourth-order valence-corrected chi connectivity index (χ4v) is 5.22. The largest absolute Gasteiger partial charge is 0.369 e. The van der Waals surface area contributed by atoms with E-state index < -0.39 is 5.41 Å². The number of amides is 2. The number of nitrogens with zero attached hydrogens (tertiary/aromatic N) is 2. The molecule has 1 fully saturated rings. The Balaban J connectivity index is 1.55. The number of nitrogens with two attached hydrogens (primary N) is 1. The topological polar surface area (TPSA) is 104 Å². The highest BCUT2D eigenvalue weighted by molar-refractivity contribution is 6.08. The number of aromatic nitrogens is 2. The van der Waals surface area contributed by atoms with Gasteiger partial charge < -0.3 is 20.9 Å². The average molecular weight is 415 g/mol. The van der Waals surface area contributed by atoms with Gasteiger partial charge in [0.05, 0.1) is 11.5 Å².